The standard InChI is InChI=1S/C10H6BrCl2N3O2S/c11-7-5-6(1-2-8(7)12)19(17,18)16-10-4-3-9(13)14-15-10/h1-5H,(H,15,16). The Morgan fingerprint density at radius 2 is 1.84 bits per heavy atom. The summed E-state index contributed by atoms with van der Waals surface area (Å²) in [6.07, 6.45) is 0. The van der Waals surface area contributed by atoms with Gasteiger partial charge in [0, 0.05) is 4.47 Å². The Hall–Kier alpha value is -0.890. The molecule has 0 radical (unpaired) electrons. The van der Waals surface area contributed by atoms with Gasteiger partial charge in [-0.15, -0.1) is 10.2 Å². The van der Waals surface area contributed by atoms with Gasteiger partial charge in [-0.1, -0.05) is 23.2 Å². The van der Waals surface area contributed by atoms with Crippen molar-refractivity contribution >= 4 is 55.0 Å². The van der Waals surface area contributed by atoms with E-state index < -0.39 is 10.0 Å². The molecule has 0 saturated carbocycles. The minimum atomic E-state index is -3.75. The molecule has 0 aliphatic heterocycles. The van der Waals surface area contributed by atoms with Crippen LogP contribution in [0.2, 0.25) is 10.2 Å². The van der Waals surface area contributed by atoms with Gasteiger partial charge in [-0.05, 0) is 46.3 Å². The normalized spacial score (nSPS) is 11.3. The Balaban J connectivity index is 2.32. The highest BCUT2D eigenvalue weighted by Gasteiger charge is 2.16. The lowest BCUT2D eigenvalue weighted by Gasteiger charge is -2.07. The van der Waals surface area contributed by atoms with Gasteiger partial charge < -0.3 is 0 Å². The molecular weight excluding hydrogens is 377 g/mol. The first kappa shape index (κ1) is 14.5. The van der Waals surface area contributed by atoms with Crippen molar-refractivity contribution in [2.24, 2.45) is 0 Å². The number of rotatable bonds is 3. The van der Waals surface area contributed by atoms with Gasteiger partial charge in [-0.3, -0.25) is 4.72 Å². The second-order valence-corrected chi connectivity index (χ2v) is 6.75. The van der Waals surface area contributed by atoms with Gasteiger partial charge in [-0.2, -0.15) is 0 Å². The highest BCUT2D eigenvalue weighted by molar-refractivity contribution is 9.10. The molecule has 0 bridgehead atoms. The van der Waals surface area contributed by atoms with Crippen molar-refractivity contribution in [1.29, 1.82) is 0 Å². The van der Waals surface area contributed by atoms with Crippen LogP contribution >= 0.6 is 39.1 Å². The van der Waals surface area contributed by atoms with Crippen LogP contribution in [0.25, 0.3) is 0 Å². The maximum Gasteiger partial charge on any atom is 0.263 e. The minimum absolute atomic E-state index is 0.0560. The van der Waals surface area contributed by atoms with E-state index in [1.807, 2.05) is 0 Å². The van der Waals surface area contributed by atoms with Crippen LogP contribution in [0.5, 0.6) is 0 Å². The summed E-state index contributed by atoms with van der Waals surface area (Å²) in [5, 5.41) is 7.77. The quantitative estimate of drug-likeness (QED) is 0.883. The van der Waals surface area contributed by atoms with E-state index in [0.717, 1.165) is 0 Å². The predicted octanol–water partition coefficient (Wildman–Crippen LogP) is 3.35. The molecule has 0 atom stereocenters. The molecular formula is C10H6BrCl2N3O2S. The summed E-state index contributed by atoms with van der Waals surface area (Å²) in [7, 11) is -3.75. The summed E-state index contributed by atoms with van der Waals surface area (Å²) in [5.74, 6) is 0.0791. The smallest absolute Gasteiger partial charge is 0.262 e. The molecule has 1 N–H and O–H groups in total. The van der Waals surface area contributed by atoms with E-state index in [9.17, 15) is 8.42 Å². The van der Waals surface area contributed by atoms with Crippen LogP contribution in [0, 0.1) is 0 Å². The third kappa shape index (κ3) is 3.56. The Morgan fingerprint density at radius 1 is 1.11 bits per heavy atom. The summed E-state index contributed by atoms with van der Waals surface area (Å²) in [6.45, 7) is 0. The molecule has 0 unspecified atom stereocenters. The van der Waals surface area contributed by atoms with Crippen LogP contribution in [0.1, 0.15) is 0 Å². The molecule has 0 saturated heterocycles. The molecule has 100 valence electrons. The van der Waals surface area contributed by atoms with Gasteiger partial charge in [0.15, 0.2) is 11.0 Å². The maximum atomic E-state index is 12.1. The Bertz CT molecular complexity index is 707. The molecule has 0 aliphatic carbocycles. The van der Waals surface area contributed by atoms with E-state index in [-0.39, 0.29) is 15.9 Å². The van der Waals surface area contributed by atoms with Crippen molar-refractivity contribution in [1.82, 2.24) is 10.2 Å². The summed E-state index contributed by atoms with van der Waals surface area (Å²) < 4.78 is 26.9. The zero-order valence-corrected chi connectivity index (χ0v) is 13.1. The van der Waals surface area contributed by atoms with E-state index in [0.29, 0.717) is 9.50 Å². The summed E-state index contributed by atoms with van der Waals surface area (Å²) in [5.41, 5.74) is 0. The fraction of sp³-hybridized carbons (Fsp3) is 0. The number of nitrogens with one attached hydrogen (secondary N) is 1. The van der Waals surface area contributed by atoms with Gasteiger partial charge in [-0.25, -0.2) is 8.42 Å². The number of hydrogen-bond acceptors (Lipinski definition) is 4. The van der Waals surface area contributed by atoms with E-state index in [1.165, 1.54) is 30.3 Å². The Labute approximate surface area is 128 Å². The van der Waals surface area contributed by atoms with Crippen molar-refractivity contribution in [3.63, 3.8) is 0 Å². The third-order valence-corrected chi connectivity index (χ3v) is 4.84. The van der Waals surface area contributed by atoms with Crippen LogP contribution in [0.4, 0.5) is 5.82 Å². The zero-order chi connectivity index (χ0) is 14.0. The van der Waals surface area contributed by atoms with Crippen molar-refractivity contribution < 1.29 is 8.42 Å². The second kappa shape index (κ2) is 5.62. The Kier molecular flexibility index (Phi) is 4.29. The first-order valence-electron chi connectivity index (χ1n) is 4.85. The van der Waals surface area contributed by atoms with Gasteiger partial charge in [0.1, 0.15) is 0 Å². The lowest BCUT2D eigenvalue weighted by molar-refractivity contribution is 0.601. The number of anilines is 1. The van der Waals surface area contributed by atoms with Crippen LogP contribution in [-0.2, 0) is 10.0 Å². The number of hydrogen-bond donors (Lipinski definition) is 1. The molecule has 1 heterocycles. The monoisotopic (exact) mass is 381 g/mol. The molecule has 2 rings (SSSR count). The van der Waals surface area contributed by atoms with Gasteiger partial charge in [0.25, 0.3) is 10.0 Å². The highest BCUT2D eigenvalue weighted by atomic mass is 79.9. The molecule has 2 aromatic rings. The SMILES string of the molecule is O=S(=O)(Nc1ccc(Cl)nn1)c1ccc(Cl)c(Br)c1. The number of sulfonamides is 1. The maximum absolute atomic E-state index is 12.1. The lowest BCUT2D eigenvalue weighted by Crippen LogP contribution is -2.14. The average Bonchev–Trinajstić information content (AvgIpc) is 2.35. The Morgan fingerprint density at radius 3 is 2.42 bits per heavy atom. The van der Waals surface area contributed by atoms with Crippen molar-refractivity contribution in [3.8, 4) is 0 Å². The second-order valence-electron chi connectivity index (χ2n) is 3.42. The fourth-order valence-corrected chi connectivity index (χ4v) is 2.98. The largest absolute Gasteiger partial charge is 0.263 e. The van der Waals surface area contributed by atoms with Crippen molar-refractivity contribution in [3.05, 3.63) is 45.0 Å². The summed E-state index contributed by atoms with van der Waals surface area (Å²) in [4.78, 5) is 0.0560. The van der Waals surface area contributed by atoms with Gasteiger partial charge in [0.05, 0.1) is 9.92 Å². The van der Waals surface area contributed by atoms with Crippen LogP contribution < -0.4 is 4.72 Å². The lowest BCUT2D eigenvalue weighted by atomic mass is 10.4. The van der Waals surface area contributed by atoms with Crippen LogP contribution in [0.15, 0.2) is 39.7 Å². The average molecular weight is 383 g/mol. The predicted molar refractivity (Wildman–Crippen MR) is 77.0 cm³/mol. The molecule has 0 aliphatic rings. The highest BCUT2D eigenvalue weighted by Crippen LogP contribution is 2.26. The third-order valence-electron chi connectivity index (χ3n) is 2.07. The van der Waals surface area contributed by atoms with E-state index in [2.05, 4.69) is 30.8 Å². The van der Waals surface area contributed by atoms with Gasteiger partial charge in [0.2, 0.25) is 0 Å². The molecule has 1 aromatic heterocycles. The fourth-order valence-electron chi connectivity index (χ4n) is 1.21. The molecule has 0 fully saturated rings. The summed E-state index contributed by atoms with van der Waals surface area (Å²) >= 11 is 14.5. The topological polar surface area (TPSA) is 72.0 Å². The zero-order valence-electron chi connectivity index (χ0n) is 9.14. The van der Waals surface area contributed by atoms with E-state index >= 15 is 0 Å². The van der Waals surface area contributed by atoms with Crippen LogP contribution in [-0.4, -0.2) is 18.6 Å². The minimum Gasteiger partial charge on any atom is -0.262 e. The molecule has 5 nitrogen and oxygen atoms in total. The van der Waals surface area contributed by atoms with E-state index in [4.69, 9.17) is 23.2 Å². The first-order valence-corrected chi connectivity index (χ1v) is 7.89. The molecule has 0 spiro atoms. The number of aromatic nitrogens is 2. The van der Waals surface area contributed by atoms with Crippen LogP contribution in [0.3, 0.4) is 0 Å². The molecule has 19 heavy (non-hydrogen) atoms. The summed E-state index contributed by atoms with van der Waals surface area (Å²) in [6, 6.07) is 7.11. The van der Waals surface area contributed by atoms with Crippen molar-refractivity contribution in [2.75, 3.05) is 4.72 Å². The number of nitrogens with zero attached hydrogens (tertiary/aromatic N) is 2. The van der Waals surface area contributed by atoms with E-state index in [1.54, 1.807) is 0 Å². The number of benzene rings is 1. The molecule has 9 heteroatoms. The van der Waals surface area contributed by atoms with Gasteiger partial charge >= 0.3 is 0 Å². The number of halogens is 3. The first-order chi connectivity index (χ1) is 8.88. The molecule has 0 amide bonds. The van der Waals surface area contributed by atoms with Crippen molar-refractivity contribution in [2.45, 2.75) is 4.90 Å². The molecule has 1 aromatic carbocycles.